The molecule has 39 heavy (non-hydrogen) atoms. The first-order valence-electron chi connectivity index (χ1n) is 15.7. The van der Waals surface area contributed by atoms with E-state index in [4.69, 9.17) is 5.26 Å². The van der Waals surface area contributed by atoms with Crippen molar-refractivity contribution >= 4 is 0 Å². The first-order valence-corrected chi connectivity index (χ1v) is 15.7. The average molecular weight is 536 g/mol. The van der Waals surface area contributed by atoms with Gasteiger partial charge in [0.15, 0.2) is 0 Å². The van der Waals surface area contributed by atoms with E-state index in [1.807, 2.05) is 12.1 Å². The lowest BCUT2D eigenvalue weighted by Crippen LogP contribution is -2.21. The molecule has 2 saturated carbocycles. The van der Waals surface area contributed by atoms with E-state index in [0.29, 0.717) is 18.8 Å². The van der Waals surface area contributed by atoms with Crippen LogP contribution in [0.2, 0.25) is 0 Å². The summed E-state index contributed by atoms with van der Waals surface area (Å²) in [6, 6.07) is 8.33. The van der Waals surface area contributed by atoms with Crippen molar-refractivity contribution in [3.8, 4) is 6.07 Å². The molecule has 0 bridgehead atoms. The third kappa shape index (κ3) is 6.55. The van der Waals surface area contributed by atoms with Gasteiger partial charge >= 0.3 is 0 Å². The molecule has 2 aromatic carbocycles. The van der Waals surface area contributed by atoms with Crippen LogP contribution in [0.1, 0.15) is 136 Å². The number of nitriles is 1. The van der Waals surface area contributed by atoms with Crippen molar-refractivity contribution in [3.63, 3.8) is 0 Å². The molecule has 210 valence electrons. The van der Waals surface area contributed by atoms with E-state index in [-0.39, 0.29) is 34.6 Å². The molecule has 0 N–H and O–H groups in total. The zero-order valence-corrected chi connectivity index (χ0v) is 23.6. The van der Waals surface area contributed by atoms with Gasteiger partial charge in [0.1, 0.15) is 23.5 Å². The molecular formula is C35H44F3N. The van der Waals surface area contributed by atoms with Gasteiger partial charge in [-0.15, -0.1) is 0 Å². The van der Waals surface area contributed by atoms with Crippen molar-refractivity contribution in [1.82, 2.24) is 0 Å². The van der Waals surface area contributed by atoms with Crippen molar-refractivity contribution in [2.45, 2.75) is 121 Å². The van der Waals surface area contributed by atoms with Crippen LogP contribution >= 0.6 is 0 Å². The normalized spacial score (nSPS) is 27.1. The number of halogens is 3. The third-order valence-electron chi connectivity index (χ3n) is 10.4. The highest BCUT2D eigenvalue weighted by molar-refractivity contribution is 5.40. The van der Waals surface area contributed by atoms with E-state index in [1.165, 1.54) is 69.9 Å². The Morgan fingerprint density at radius 1 is 0.769 bits per heavy atom. The van der Waals surface area contributed by atoms with Gasteiger partial charge in [-0.3, -0.25) is 0 Å². The van der Waals surface area contributed by atoms with E-state index < -0.39 is 5.82 Å². The molecule has 1 unspecified atom stereocenters. The van der Waals surface area contributed by atoms with Crippen LogP contribution in [0.15, 0.2) is 24.3 Å². The smallest absolute Gasteiger partial charge is 0.141 e. The number of hydrogen-bond donors (Lipinski definition) is 0. The number of nitrogens with zero attached hydrogens (tertiary/aromatic N) is 1. The SMILES string of the molecule is CCCCC1CCC(CCC2CCc3c(cc(F)c(C4CCC(c5ccc(C#N)c(F)c5)CC4)c3F)C2)CC1. The summed E-state index contributed by atoms with van der Waals surface area (Å²) in [5.41, 5.74) is 2.88. The molecule has 3 aliphatic rings. The van der Waals surface area contributed by atoms with Gasteiger partial charge in [0, 0.05) is 5.56 Å². The Morgan fingerprint density at radius 2 is 1.44 bits per heavy atom. The Balaban J connectivity index is 1.16. The summed E-state index contributed by atoms with van der Waals surface area (Å²) in [5.74, 6) is 1.22. The maximum Gasteiger partial charge on any atom is 0.141 e. The molecule has 0 amide bonds. The molecule has 0 aromatic heterocycles. The van der Waals surface area contributed by atoms with E-state index >= 15 is 8.78 Å². The zero-order valence-electron chi connectivity index (χ0n) is 23.6. The van der Waals surface area contributed by atoms with E-state index in [2.05, 4.69) is 6.92 Å². The summed E-state index contributed by atoms with van der Waals surface area (Å²) in [7, 11) is 0. The maximum atomic E-state index is 15.8. The highest BCUT2D eigenvalue weighted by Crippen LogP contribution is 2.44. The van der Waals surface area contributed by atoms with Crippen molar-refractivity contribution in [1.29, 1.82) is 5.26 Å². The lowest BCUT2D eigenvalue weighted by molar-refractivity contribution is 0.234. The molecule has 1 nitrogen and oxygen atoms in total. The van der Waals surface area contributed by atoms with Crippen molar-refractivity contribution < 1.29 is 13.2 Å². The van der Waals surface area contributed by atoms with Crippen LogP contribution in [0.3, 0.4) is 0 Å². The molecular weight excluding hydrogens is 491 g/mol. The summed E-state index contributed by atoms with van der Waals surface area (Å²) in [6.45, 7) is 2.28. The van der Waals surface area contributed by atoms with Crippen molar-refractivity contribution in [2.24, 2.45) is 17.8 Å². The van der Waals surface area contributed by atoms with Gasteiger partial charge in [0.05, 0.1) is 5.56 Å². The fourth-order valence-corrected chi connectivity index (χ4v) is 7.93. The van der Waals surface area contributed by atoms with Crippen LogP contribution in [0, 0.1) is 46.5 Å². The lowest BCUT2D eigenvalue weighted by atomic mass is 9.73. The summed E-state index contributed by atoms with van der Waals surface area (Å²) in [4.78, 5) is 0. The van der Waals surface area contributed by atoms with Gasteiger partial charge in [0.2, 0.25) is 0 Å². The predicted octanol–water partition coefficient (Wildman–Crippen LogP) is 10.3. The molecule has 3 aliphatic carbocycles. The van der Waals surface area contributed by atoms with Gasteiger partial charge in [-0.1, -0.05) is 64.4 Å². The fourth-order valence-electron chi connectivity index (χ4n) is 7.93. The molecule has 5 rings (SSSR count). The van der Waals surface area contributed by atoms with Crippen molar-refractivity contribution in [2.75, 3.05) is 0 Å². The van der Waals surface area contributed by atoms with Crippen LogP contribution in [0.4, 0.5) is 13.2 Å². The highest BCUT2D eigenvalue weighted by atomic mass is 19.1. The van der Waals surface area contributed by atoms with Crippen LogP contribution in [0.25, 0.3) is 0 Å². The number of fused-ring (bicyclic) bond motifs is 1. The molecule has 0 aliphatic heterocycles. The summed E-state index contributed by atoms with van der Waals surface area (Å²) in [5, 5.41) is 8.98. The Hall–Kier alpha value is -2.28. The van der Waals surface area contributed by atoms with Crippen molar-refractivity contribution in [3.05, 3.63) is 69.5 Å². The fraction of sp³-hybridized carbons (Fsp3) is 0.629. The topological polar surface area (TPSA) is 23.8 Å². The third-order valence-corrected chi connectivity index (χ3v) is 10.4. The standard InChI is InChI=1S/C35H44F3N/c1-2-3-4-23-5-7-24(8-6-23)9-10-25-11-18-31-30(19-25)21-33(37)34(35(31)38)27-14-12-26(13-15-27)28-16-17-29(22-39)32(36)20-28/h16-17,20-21,23-27H,2-15,18-19H2,1H3. The molecule has 0 saturated heterocycles. The summed E-state index contributed by atoms with van der Waals surface area (Å²) >= 11 is 0. The highest BCUT2D eigenvalue weighted by Gasteiger charge is 2.32. The average Bonchev–Trinajstić information content (AvgIpc) is 2.95. The number of unbranched alkanes of at least 4 members (excludes halogenated alkanes) is 1. The van der Waals surface area contributed by atoms with E-state index in [9.17, 15) is 4.39 Å². The Bertz CT molecular complexity index is 1170. The first kappa shape index (κ1) is 28.3. The van der Waals surface area contributed by atoms with Crippen LogP contribution < -0.4 is 0 Å². The zero-order chi connectivity index (χ0) is 27.4. The van der Waals surface area contributed by atoms with Crippen LogP contribution in [-0.4, -0.2) is 0 Å². The second-order valence-electron chi connectivity index (χ2n) is 12.8. The lowest BCUT2D eigenvalue weighted by Gasteiger charge is -2.32. The number of hydrogen-bond acceptors (Lipinski definition) is 1. The van der Waals surface area contributed by atoms with Crippen LogP contribution in [-0.2, 0) is 12.8 Å². The second kappa shape index (κ2) is 12.9. The molecule has 0 radical (unpaired) electrons. The quantitative estimate of drug-likeness (QED) is 0.330. The summed E-state index contributed by atoms with van der Waals surface area (Å²) < 4.78 is 45.3. The minimum atomic E-state index is -0.489. The van der Waals surface area contributed by atoms with Gasteiger partial charge in [-0.2, -0.15) is 5.26 Å². The monoisotopic (exact) mass is 535 g/mol. The van der Waals surface area contributed by atoms with Crippen LogP contribution in [0.5, 0.6) is 0 Å². The molecule has 2 aromatic rings. The molecule has 2 fully saturated rings. The second-order valence-corrected chi connectivity index (χ2v) is 12.8. The molecule has 4 heteroatoms. The Labute approximate surface area is 233 Å². The Kier molecular flexibility index (Phi) is 9.36. The van der Waals surface area contributed by atoms with Gasteiger partial charge in [0.25, 0.3) is 0 Å². The Morgan fingerprint density at radius 3 is 2.10 bits per heavy atom. The minimum absolute atomic E-state index is 0.0535. The van der Waals surface area contributed by atoms with E-state index in [0.717, 1.165) is 60.6 Å². The molecule has 0 heterocycles. The van der Waals surface area contributed by atoms with E-state index in [1.54, 1.807) is 6.07 Å². The number of rotatable bonds is 8. The largest absolute Gasteiger partial charge is 0.207 e. The maximum absolute atomic E-state index is 15.8. The predicted molar refractivity (Wildman–Crippen MR) is 151 cm³/mol. The first-order chi connectivity index (χ1) is 19.0. The molecule has 0 spiro atoms. The number of benzene rings is 2. The van der Waals surface area contributed by atoms with Gasteiger partial charge < -0.3 is 0 Å². The molecule has 1 atom stereocenters. The summed E-state index contributed by atoms with van der Waals surface area (Å²) in [6.07, 6.45) is 17.5. The van der Waals surface area contributed by atoms with Gasteiger partial charge in [-0.25, -0.2) is 13.2 Å². The minimum Gasteiger partial charge on any atom is -0.207 e. The van der Waals surface area contributed by atoms with Gasteiger partial charge in [-0.05, 0) is 116 Å².